The third-order valence-electron chi connectivity index (χ3n) is 4.17. The molecule has 27 heavy (non-hydrogen) atoms. The van der Waals surface area contributed by atoms with Crippen molar-refractivity contribution in [2.24, 2.45) is 4.99 Å². The molecule has 2 rings (SSSR count). The smallest absolute Gasteiger partial charge is 0.225 e. The van der Waals surface area contributed by atoms with Gasteiger partial charge in [-0.15, -0.1) is 24.0 Å². The highest BCUT2D eigenvalue weighted by molar-refractivity contribution is 14.0. The highest BCUT2D eigenvalue weighted by Gasteiger charge is 2.12. The lowest BCUT2D eigenvalue weighted by atomic mass is 10.2. The van der Waals surface area contributed by atoms with Gasteiger partial charge in [-0.3, -0.25) is 9.69 Å². The van der Waals surface area contributed by atoms with Gasteiger partial charge < -0.3 is 19.9 Å². The lowest BCUT2D eigenvalue weighted by Crippen LogP contribution is -2.38. The Labute approximate surface area is 179 Å². The van der Waals surface area contributed by atoms with Gasteiger partial charge >= 0.3 is 0 Å². The van der Waals surface area contributed by atoms with E-state index >= 15 is 0 Å². The molecule has 0 aromatic heterocycles. The number of hydrogen-bond donors (Lipinski definition) is 1. The first-order valence-corrected chi connectivity index (χ1v) is 9.03. The number of aliphatic imine (C=N–C) groups is 1. The molecule has 1 N–H and O–H groups in total. The Hall–Kier alpha value is -1.39. The van der Waals surface area contributed by atoms with Crippen LogP contribution in [0.25, 0.3) is 0 Å². The maximum Gasteiger partial charge on any atom is 0.225 e. The van der Waals surface area contributed by atoms with Crippen LogP contribution in [0.1, 0.15) is 12.0 Å². The average molecular weight is 489 g/mol. The second kappa shape index (κ2) is 12.1. The van der Waals surface area contributed by atoms with E-state index in [1.54, 1.807) is 0 Å². The van der Waals surface area contributed by atoms with Crippen LogP contribution in [0.2, 0.25) is 0 Å². The molecule has 0 atom stereocenters. The van der Waals surface area contributed by atoms with Crippen LogP contribution in [-0.4, -0.2) is 87.6 Å². The molecular weight excluding hydrogens is 457 g/mol. The van der Waals surface area contributed by atoms with Gasteiger partial charge in [-0.05, 0) is 17.7 Å². The van der Waals surface area contributed by atoms with Gasteiger partial charge in [0.05, 0.1) is 19.8 Å². The van der Waals surface area contributed by atoms with E-state index in [1.165, 1.54) is 0 Å². The molecule has 1 fully saturated rings. The molecule has 1 saturated heterocycles. The maximum absolute atomic E-state index is 12.2. The number of ether oxygens (including phenoxy) is 1. The third kappa shape index (κ3) is 8.44. The van der Waals surface area contributed by atoms with Crippen LogP contribution in [-0.2, 0) is 16.1 Å². The van der Waals surface area contributed by atoms with Crippen molar-refractivity contribution in [3.05, 3.63) is 29.8 Å². The zero-order valence-electron chi connectivity index (χ0n) is 16.8. The van der Waals surface area contributed by atoms with E-state index in [1.807, 2.05) is 62.3 Å². The standard InChI is InChI=1S/C19H31N5O2.HI/c1-22(2)19(23(3)4)20-15-16-6-5-7-17(14-16)21-18(25)8-9-24-10-12-26-13-11-24;/h5-7,14H,8-13,15H2,1-4H3,(H,21,25);1H. The summed E-state index contributed by atoms with van der Waals surface area (Å²) in [6, 6.07) is 7.88. The Morgan fingerprint density at radius 2 is 1.85 bits per heavy atom. The number of nitrogens with zero attached hydrogens (tertiary/aromatic N) is 4. The molecule has 1 heterocycles. The van der Waals surface area contributed by atoms with Crippen LogP contribution in [0, 0.1) is 0 Å². The summed E-state index contributed by atoms with van der Waals surface area (Å²) in [6.07, 6.45) is 0.494. The van der Waals surface area contributed by atoms with Crippen molar-refractivity contribution in [3.8, 4) is 0 Å². The van der Waals surface area contributed by atoms with E-state index < -0.39 is 0 Å². The predicted octanol–water partition coefficient (Wildman–Crippen LogP) is 1.94. The normalized spacial score (nSPS) is 14.1. The Kier molecular flexibility index (Phi) is 10.6. The van der Waals surface area contributed by atoms with Crippen LogP contribution in [0.4, 0.5) is 5.69 Å². The summed E-state index contributed by atoms with van der Waals surface area (Å²) in [5.41, 5.74) is 1.89. The second-order valence-corrected chi connectivity index (χ2v) is 6.86. The summed E-state index contributed by atoms with van der Waals surface area (Å²) in [7, 11) is 7.90. The number of nitrogens with one attached hydrogen (secondary N) is 1. The minimum Gasteiger partial charge on any atom is -0.379 e. The van der Waals surface area contributed by atoms with Gasteiger partial charge in [0, 0.05) is 59.9 Å². The number of halogens is 1. The molecule has 152 valence electrons. The number of guanidine groups is 1. The molecule has 0 saturated carbocycles. The minimum absolute atomic E-state index is 0. The first-order valence-electron chi connectivity index (χ1n) is 9.03. The summed E-state index contributed by atoms with van der Waals surface area (Å²) in [4.78, 5) is 23.1. The Morgan fingerprint density at radius 3 is 2.48 bits per heavy atom. The molecule has 0 spiro atoms. The second-order valence-electron chi connectivity index (χ2n) is 6.86. The van der Waals surface area contributed by atoms with Crippen molar-refractivity contribution in [2.75, 3.05) is 66.4 Å². The molecule has 8 heteroatoms. The summed E-state index contributed by atoms with van der Waals surface area (Å²) < 4.78 is 5.33. The van der Waals surface area contributed by atoms with E-state index in [9.17, 15) is 4.79 Å². The van der Waals surface area contributed by atoms with Crippen LogP contribution in [0.3, 0.4) is 0 Å². The van der Waals surface area contributed by atoms with Crippen molar-refractivity contribution < 1.29 is 9.53 Å². The van der Waals surface area contributed by atoms with Crippen LogP contribution in [0.5, 0.6) is 0 Å². The average Bonchev–Trinajstić information content (AvgIpc) is 2.61. The summed E-state index contributed by atoms with van der Waals surface area (Å²) >= 11 is 0. The Morgan fingerprint density at radius 1 is 1.19 bits per heavy atom. The third-order valence-corrected chi connectivity index (χ3v) is 4.17. The SMILES string of the molecule is CN(C)C(=NCc1cccc(NC(=O)CCN2CCOCC2)c1)N(C)C.I. The highest BCUT2D eigenvalue weighted by atomic mass is 127. The van der Waals surface area contributed by atoms with Crippen molar-refractivity contribution in [2.45, 2.75) is 13.0 Å². The number of carbonyl (C=O) groups excluding carboxylic acids is 1. The monoisotopic (exact) mass is 489 g/mol. The van der Waals surface area contributed by atoms with Crippen molar-refractivity contribution >= 4 is 41.5 Å². The number of hydrogen-bond acceptors (Lipinski definition) is 4. The largest absolute Gasteiger partial charge is 0.379 e. The lowest BCUT2D eigenvalue weighted by Gasteiger charge is -2.26. The zero-order valence-corrected chi connectivity index (χ0v) is 19.1. The topological polar surface area (TPSA) is 60.4 Å². The fraction of sp³-hybridized carbons (Fsp3) is 0.579. The van der Waals surface area contributed by atoms with E-state index in [-0.39, 0.29) is 29.9 Å². The van der Waals surface area contributed by atoms with Gasteiger partial charge in [-0.1, -0.05) is 12.1 Å². The van der Waals surface area contributed by atoms with Crippen molar-refractivity contribution in [3.63, 3.8) is 0 Å². The highest BCUT2D eigenvalue weighted by Crippen LogP contribution is 2.12. The molecular formula is C19H32IN5O2. The molecule has 1 amide bonds. The van der Waals surface area contributed by atoms with Gasteiger partial charge in [0.2, 0.25) is 5.91 Å². The van der Waals surface area contributed by atoms with Gasteiger partial charge in [0.25, 0.3) is 0 Å². The van der Waals surface area contributed by atoms with E-state index in [0.29, 0.717) is 13.0 Å². The number of rotatable bonds is 6. The fourth-order valence-corrected chi connectivity index (χ4v) is 2.90. The molecule has 1 aliphatic rings. The first kappa shape index (κ1) is 23.6. The van der Waals surface area contributed by atoms with Crippen LogP contribution < -0.4 is 5.32 Å². The molecule has 0 unspecified atom stereocenters. The molecule has 1 aromatic rings. The number of morpholine rings is 1. The van der Waals surface area contributed by atoms with E-state index in [0.717, 1.165) is 50.1 Å². The Balaban J connectivity index is 0.00000364. The molecule has 0 radical (unpaired) electrons. The fourth-order valence-electron chi connectivity index (χ4n) is 2.90. The zero-order chi connectivity index (χ0) is 18.9. The van der Waals surface area contributed by atoms with Gasteiger partial charge in [-0.2, -0.15) is 0 Å². The molecule has 0 bridgehead atoms. The number of amides is 1. The Bertz CT molecular complexity index is 606. The van der Waals surface area contributed by atoms with Crippen LogP contribution >= 0.6 is 24.0 Å². The van der Waals surface area contributed by atoms with E-state index in [4.69, 9.17) is 4.74 Å². The quantitative estimate of drug-likeness (QED) is 0.376. The molecule has 1 aromatic carbocycles. The summed E-state index contributed by atoms with van der Waals surface area (Å²) in [6.45, 7) is 4.66. The predicted molar refractivity (Wildman–Crippen MR) is 121 cm³/mol. The van der Waals surface area contributed by atoms with E-state index in [2.05, 4.69) is 15.2 Å². The maximum atomic E-state index is 12.2. The number of anilines is 1. The first-order chi connectivity index (χ1) is 12.5. The lowest BCUT2D eigenvalue weighted by molar-refractivity contribution is -0.116. The van der Waals surface area contributed by atoms with Crippen molar-refractivity contribution in [1.29, 1.82) is 0 Å². The summed E-state index contributed by atoms with van der Waals surface area (Å²) in [5, 5.41) is 2.99. The molecule has 1 aliphatic heterocycles. The molecule has 0 aliphatic carbocycles. The number of benzene rings is 1. The van der Waals surface area contributed by atoms with Gasteiger partial charge in [0.1, 0.15) is 0 Å². The minimum atomic E-state index is 0. The number of carbonyl (C=O) groups is 1. The van der Waals surface area contributed by atoms with Gasteiger partial charge in [-0.25, -0.2) is 4.99 Å². The van der Waals surface area contributed by atoms with Gasteiger partial charge in [0.15, 0.2) is 5.96 Å². The van der Waals surface area contributed by atoms with Crippen LogP contribution in [0.15, 0.2) is 29.3 Å². The van der Waals surface area contributed by atoms with Crippen molar-refractivity contribution in [1.82, 2.24) is 14.7 Å². The summed E-state index contributed by atoms with van der Waals surface area (Å²) in [5.74, 6) is 0.948. The molecule has 7 nitrogen and oxygen atoms in total.